The van der Waals surface area contributed by atoms with Crippen LogP contribution in [0.3, 0.4) is 0 Å². The first-order valence-electron chi connectivity index (χ1n) is 3.61. The zero-order valence-electron chi connectivity index (χ0n) is 7.21. The standard InChI is InChI=1S/C8H9NO5/c1-2-5(10)7(8(13)14)9-4-3-6(11)12/h2,4,7H,1,3H2,(H,11,12)(H,13,14)/t7-/m1/s1. The Morgan fingerprint density at radius 1 is 1.36 bits per heavy atom. The number of nitrogens with zero attached hydrogens (tertiary/aromatic N) is 1. The van der Waals surface area contributed by atoms with E-state index in [1.165, 1.54) is 0 Å². The van der Waals surface area contributed by atoms with Gasteiger partial charge >= 0.3 is 11.9 Å². The molecule has 0 spiro atoms. The highest BCUT2D eigenvalue weighted by Crippen LogP contribution is 1.94. The van der Waals surface area contributed by atoms with Gasteiger partial charge in [0.05, 0.1) is 6.42 Å². The van der Waals surface area contributed by atoms with E-state index in [2.05, 4.69) is 11.6 Å². The van der Waals surface area contributed by atoms with Gasteiger partial charge in [-0.3, -0.25) is 14.6 Å². The summed E-state index contributed by atoms with van der Waals surface area (Å²) >= 11 is 0. The van der Waals surface area contributed by atoms with Crippen molar-refractivity contribution >= 4 is 23.9 Å². The molecule has 0 saturated heterocycles. The smallest absolute Gasteiger partial charge is 0.336 e. The Bertz CT molecular complexity index is 294. The van der Waals surface area contributed by atoms with Crippen LogP contribution in [0.2, 0.25) is 0 Å². The van der Waals surface area contributed by atoms with Gasteiger partial charge in [-0.25, -0.2) is 4.79 Å². The number of hydrogen-bond acceptors (Lipinski definition) is 4. The zero-order chi connectivity index (χ0) is 11.1. The fraction of sp³-hybridized carbons (Fsp3) is 0.250. The monoisotopic (exact) mass is 199 g/mol. The minimum absolute atomic E-state index is 0.422. The predicted octanol–water partition coefficient (Wildman–Crippen LogP) is -0.260. The van der Waals surface area contributed by atoms with E-state index in [9.17, 15) is 14.4 Å². The normalized spacial score (nSPS) is 12.3. The van der Waals surface area contributed by atoms with Gasteiger partial charge in [0.2, 0.25) is 6.04 Å². The first kappa shape index (κ1) is 12.0. The summed E-state index contributed by atoms with van der Waals surface area (Å²) in [5, 5.41) is 16.7. The third kappa shape index (κ3) is 4.15. The Morgan fingerprint density at radius 2 is 1.93 bits per heavy atom. The predicted molar refractivity (Wildman–Crippen MR) is 47.4 cm³/mol. The maximum atomic E-state index is 10.9. The van der Waals surface area contributed by atoms with E-state index >= 15 is 0 Å². The molecule has 0 rings (SSSR count). The van der Waals surface area contributed by atoms with Crippen LogP contribution in [0.25, 0.3) is 0 Å². The maximum Gasteiger partial charge on any atom is 0.336 e. The van der Waals surface area contributed by atoms with E-state index < -0.39 is 30.2 Å². The van der Waals surface area contributed by atoms with Crippen LogP contribution >= 0.6 is 0 Å². The van der Waals surface area contributed by atoms with Gasteiger partial charge in [0.1, 0.15) is 0 Å². The minimum Gasteiger partial charge on any atom is -0.481 e. The molecule has 0 aromatic heterocycles. The van der Waals surface area contributed by atoms with E-state index in [4.69, 9.17) is 10.2 Å². The lowest BCUT2D eigenvalue weighted by Crippen LogP contribution is -2.26. The summed E-state index contributed by atoms with van der Waals surface area (Å²) in [7, 11) is 0. The van der Waals surface area contributed by atoms with Crippen LogP contribution in [-0.2, 0) is 14.4 Å². The number of carbonyl (C=O) groups excluding carboxylic acids is 1. The summed E-state index contributed by atoms with van der Waals surface area (Å²) in [6.07, 6.45) is 1.29. The second kappa shape index (κ2) is 5.63. The van der Waals surface area contributed by atoms with Crippen LogP contribution in [0.5, 0.6) is 0 Å². The van der Waals surface area contributed by atoms with Gasteiger partial charge < -0.3 is 10.2 Å². The largest absolute Gasteiger partial charge is 0.481 e. The molecule has 6 nitrogen and oxygen atoms in total. The molecule has 0 aliphatic heterocycles. The molecule has 0 aromatic carbocycles. The van der Waals surface area contributed by atoms with E-state index in [1.54, 1.807) is 0 Å². The van der Waals surface area contributed by atoms with Crippen LogP contribution in [0.15, 0.2) is 17.6 Å². The molecule has 0 bridgehead atoms. The number of carboxylic acids is 2. The third-order valence-electron chi connectivity index (χ3n) is 1.22. The van der Waals surface area contributed by atoms with Gasteiger partial charge in [-0.2, -0.15) is 0 Å². The van der Waals surface area contributed by atoms with Crippen molar-refractivity contribution in [2.24, 2.45) is 4.99 Å². The number of rotatable bonds is 6. The zero-order valence-corrected chi connectivity index (χ0v) is 7.21. The Morgan fingerprint density at radius 3 is 2.29 bits per heavy atom. The number of carboxylic acid groups (broad SMARTS) is 2. The number of ketones is 1. The average molecular weight is 199 g/mol. The number of aliphatic imine (C=N–C) groups is 1. The maximum absolute atomic E-state index is 10.9. The molecule has 14 heavy (non-hydrogen) atoms. The first-order chi connectivity index (χ1) is 6.49. The van der Waals surface area contributed by atoms with Gasteiger partial charge in [-0.15, -0.1) is 0 Å². The van der Waals surface area contributed by atoms with Crippen molar-refractivity contribution in [1.82, 2.24) is 0 Å². The Kier molecular flexibility index (Phi) is 4.83. The van der Waals surface area contributed by atoms with Crippen LogP contribution in [0, 0.1) is 0 Å². The van der Waals surface area contributed by atoms with Gasteiger partial charge in [0, 0.05) is 6.21 Å². The number of aliphatic carboxylic acids is 2. The lowest BCUT2D eigenvalue weighted by atomic mass is 10.2. The summed E-state index contributed by atoms with van der Waals surface area (Å²) in [6.45, 7) is 3.10. The van der Waals surface area contributed by atoms with Crippen molar-refractivity contribution in [2.75, 3.05) is 0 Å². The van der Waals surface area contributed by atoms with Crippen LogP contribution in [-0.4, -0.2) is 40.2 Å². The van der Waals surface area contributed by atoms with E-state index in [1.807, 2.05) is 0 Å². The van der Waals surface area contributed by atoms with E-state index in [-0.39, 0.29) is 0 Å². The second-order valence-electron chi connectivity index (χ2n) is 2.28. The summed E-state index contributed by atoms with van der Waals surface area (Å²) in [5.41, 5.74) is 0. The Balaban J connectivity index is 4.45. The van der Waals surface area contributed by atoms with Crippen molar-refractivity contribution < 1.29 is 24.6 Å². The van der Waals surface area contributed by atoms with Crippen molar-refractivity contribution in [3.8, 4) is 0 Å². The molecule has 0 aromatic rings. The highest BCUT2D eigenvalue weighted by molar-refractivity contribution is 6.08. The summed E-state index contributed by atoms with van der Waals surface area (Å²) in [4.78, 5) is 34.7. The van der Waals surface area contributed by atoms with Crippen molar-refractivity contribution in [3.05, 3.63) is 12.7 Å². The highest BCUT2D eigenvalue weighted by Gasteiger charge is 2.21. The molecular formula is C8H9NO5. The third-order valence-corrected chi connectivity index (χ3v) is 1.22. The first-order valence-corrected chi connectivity index (χ1v) is 3.61. The Hall–Kier alpha value is -1.98. The molecule has 0 radical (unpaired) electrons. The van der Waals surface area contributed by atoms with Crippen LogP contribution < -0.4 is 0 Å². The lowest BCUT2D eigenvalue weighted by Gasteiger charge is -2.00. The molecule has 0 amide bonds. The summed E-state index contributed by atoms with van der Waals surface area (Å²) in [5.74, 6) is -3.36. The molecule has 0 saturated carbocycles. The van der Waals surface area contributed by atoms with E-state index in [0.29, 0.717) is 0 Å². The quantitative estimate of drug-likeness (QED) is 0.348. The molecule has 0 aliphatic carbocycles. The van der Waals surface area contributed by atoms with Crippen LogP contribution in [0.4, 0.5) is 0 Å². The fourth-order valence-corrected chi connectivity index (χ4v) is 0.607. The molecule has 1 atom stereocenters. The number of carbonyl (C=O) groups is 3. The minimum atomic E-state index is -1.59. The molecular weight excluding hydrogens is 190 g/mol. The topological polar surface area (TPSA) is 104 Å². The van der Waals surface area contributed by atoms with Gasteiger partial charge in [-0.1, -0.05) is 6.58 Å². The van der Waals surface area contributed by atoms with Crippen molar-refractivity contribution in [1.29, 1.82) is 0 Å². The van der Waals surface area contributed by atoms with Crippen LogP contribution in [0.1, 0.15) is 6.42 Å². The molecule has 76 valence electrons. The SMILES string of the molecule is C=CC(=O)[C@@H](N=CCC(=O)O)C(=O)O. The molecule has 6 heteroatoms. The molecule has 0 aliphatic rings. The van der Waals surface area contributed by atoms with Crippen molar-refractivity contribution in [2.45, 2.75) is 12.5 Å². The lowest BCUT2D eigenvalue weighted by molar-refractivity contribution is -0.141. The fourth-order valence-electron chi connectivity index (χ4n) is 0.607. The molecule has 0 fully saturated rings. The molecule has 0 unspecified atom stereocenters. The van der Waals surface area contributed by atoms with Gasteiger partial charge in [-0.05, 0) is 6.08 Å². The van der Waals surface area contributed by atoms with E-state index in [0.717, 1.165) is 12.3 Å². The molecule has 0 heterocycles. The molecule has 2 N–H and O–H groups in total. The van der Waals surface area contributed by atoms with Gasteiger partial charge in [0.25, 0.3) is 0 Å². The Labute approximate surface area is 79.6 Å². The summed E-state index contributed by atoms with van der Waals surface area (Å²) < 4.78 is 0. The summed E-state index contributed by atoms with van der Waals surface area (Å²) in [6, 6.07) is -1.59. The second-order valence-corrected chi connectivity index (χ2v) is 2.28. The van der Waals surface area contributed by atoms with Gasteiger partial charge in [0.15, 0.2) is 5.78 Å². The average Bonchev–Trinajstić information content (AvgIpc) is 2.10. The highest BCUT2D eigenvalue weighted by atomic mass is 16.4. The number of hydrogen-bond donors (Lipinski definition) is 2. The van der Waals surface area contributed by atoms with Crippen molar-refractivity contribution in [3.63, 3.8) is 0 Å².